The first-order chi connectivity index (χ1) is 9.00. The van der Waals surface area contributed by atoms with Crippen LogP contribution < -0.4 is 5.32 Å². The predicted molar refractivity (Wildman–Crippen MR) is 81.7 cm³/mol. The maximum Gasteiger partial charge on any atom is 0.0594 e. The molecule has 1 fully saturated rings. The average Bonchev–Trinajstić information content (AvgIpc) is 2.38. The molecular weight excluding hydrogens is 238 g/mol. The summed E-state index contributed by atoms with van der Waals surface area (Å²) in [6.07, 6.45) is 2.39. The van der Waals surface area contributed by atoms with E-state index in [1.54, 1.807) is 0 Å². The van der Waals surface area contributed by atoms with Crippen LogP contribution in [0.5, 0.6) is 0 Å². The first kappa shape index (κ1) is 16.9. The molecule has 4 heteroatoms. The Morgan fingerprint density at radius 3 is 2.63 bits per heavy atom. The molecule has 2 unspecified atom stereocenters. The van der Waals surface area contributed by atoms with Gasteiger partial charge < -0.3 is 15.0 Å². The second-order valence-corrected chi connectivity index (χ2v) is 6.24. The summed E-state index contributed by atoms with van der Waals surface area (Å²) in [6, 6.07) is 0.664. The van der Waals surface area contributed by atoms with E-state index in [-0.39, 0.29) is 5.54 Å². The Morgan fingerprint density at radius 2 is 2.05 bits per heavy atom. The molecule has 0 bridgehead atoms. The number of nitrogens with zero attached hydrogens (tertiary/aromatic N) is 2. The topological polar surface area (TPSA) is 27.7 Å². The quantitative estimate of drug-likeness (QED) is 0.676. The van der Waals surface area contributed by atoms with Gasteiger partial charge in [0.2, 0.25) is 0 Å². The van der Waals surface area contributed by atoms with Gasteiger partial charge in [-0.1, -0.05) is 13.8 Å². The maximum atomic E-state index is 5.74. The minimum Gasteiger partial charge on any atom is -0.379 e. The molecule has 114 valence electrons. The average molecular weight is 271 g/mol. The molecular formula is C15H33N3O. The van der Waals surface area contributed by atoms with Gasteiger partial charge in [0, 0.05) is 37.8 Å². The molecule has 19 heavy (non-hydrogen) atoms. The SMILES string of the molecule is CCC1CNC(C)(CC)CN1CCOCCN(C)C. The van der Waals surface area contributed by atoms with Gasteiger partial charge in [-0.25, -0.2) is 0 Å². The van der Waals surface area contributed by atoms with Crippen LogP contribution in [-0.2, 0) is 4.74 Å². The standard InChI is InChI=1S/C15H33N3O/c1-6-14-12-16-15(3,7-2)13-18(14)9-11-19-10-8-17(4)5/h14,16H,6-13H2,1-5H3. The Morgan fingerprint density at radius 1 is 1.32 bits per heavy atom. The molecule has 2 atom stereocenters. The molecule has 1 aliphatic heterocycles. The summed E-state index contributed by atoms with van der Waals surface area (Å²) in [5.41, 5.74) is 0.273. The number of hydrogen-bond donors (Lipinski definition) is 1. The van der Waals surface area contributed by atoms with Gasteiger partial charge in [0.05, 0.1) is 13.2 Å². The number of hydrogen-bond acceptors (Lipinski definition) is 4. The molecule has 0 spiro atoms. The van der Waals surface area contributed by atoms with Gasteiger partial charge in [0.25, 0.3) is 0 Å². The summed E-state index contributed by atoms with van der Waals surface area (Å²) in [5, 5.41) is 3.70. The van der Waals surface area contributed by atoms with Crippen molar-refractivity contribution in [1.82, 2.24) is 15.1 Å². The third-order valence-corrected chi connectivity index (χ3v) is 4.29. The molecule has 0 aliphatic carbocycles. The molecule has 4 nitrogen and oxygen atoms in total. The summed E-state index contributed by atoms with van der Waals surface area (Å²) in [4.78, 5) is 4.77. The number of likely N-dealkylation sites (N-methyl/N-ethyl adjacent to an activating group) is 1. The minimum absolute atomic E-state index is 0.273. The van der Waals surface area contributed by atoms with Crippen LogP contribution in [0.15, 0.2) is 0 Å². The van der Waals surface area contributed by atoms with E-state index in [0.29, 0.717) is 6.04 Å². The maximum absolute atomic E-state index is 5.74. The van der Waals surface area contributed by atoms with Gasteiger partial charge >= 0.3 is 0 Å². The first-order valence-electron chi connectivity index (χ1n) is 7.72. The van der Waals surface area contributed by atoms with Gasteiger partial charge in [-0.3, -0.25) is 4.90 Å². The van der Waals surface area contributed by atoms with Crippen LogP contribution >= 0.6 is 0 Å². The van der Waals surface area contributed by atoms with Crippen molar-refractivity contribution in [2.75, 3.05) is 53.5 Å². The van der Waals surface area contributed by atoms with E-state index in [2.05, 4.69) is 50.0 Å². The molecule has 0 aromatic heterocycles. The summed E-state index contributed by atoms with van der Waals surface area (Å²) >= 11 is 0. The normalized spacial score (nSPS) is 29.1. The van der Waals surface area contributed by atoms with Crippen molar-refractivity contribution in [3.8, 4) is 0 Å². The van der Waals surface area contributed by atoms with Crippen LogP contribution in [0.3, 0.4) is 0 Å². The fourth-order valence-electron chi connectivity index (χ4n) is 2.56. The smallest absolute Gasteiger partial charge is 0.0594 e. The number of nitrogens with one attached hydrogen (secondary N) is 1. The predicted octanol–water partition coefficient (Wildman–Crippen LogP) is 1.42. The molecule has 0 aromatic carbocycles. The van der Waals surface area contributed by atoms with Crippen LogP contribution in [0, 0.1) is 0 Å². The Labute approximate surface area is 119 Å². The third-order valence-electron chi connectivity index (χ3n) is 4.29. The molecule has 1 rings (SSSR count). The van der Waals surface area contributed by atoms with Gasteiger partial charge in [-0.2, -0.15) is 0 Å². The van der Waals surface area contributed by atoms with Crippen molar-refractivity contribution < 1.29 is 4.74 Å². The highest BCUT2D eigenvalue weighted by molar-refractivity contribution is 4.93. The second kappa shape index (κ2) is 8.20. The molecule has 0 amide bonds. The highest BCUT2D eigenvalue weighted by atomic mass is 16.5. The summed E-state index contributed by atoms with van der Waals surface area (Å²) in [7, 11) is 4.17. The van der Waals surface area contributed by atoms with Gasteiger partial charge in [0.1, 0.15) is 0 Å². The number of rotatable bonds is 8. The Bertz CT molecular complexity index is 248. The molecule has 1 N–H and O–H groups in total. The number of ether oxygens (including phenoxy) is 1. The van der Waals surface area contributed by atoms with Crippen molar-refractivity contribution in [1.29, 1.82) is 0 Å². The lowest BCUT2D eigenvalue weighted by Crippen LogP contribution is -2.62. The fourth-order valence-corrected chi connectivity index (χ4v) is 2.56. The van der Waals surface area contributed by atoms with Crippen LogP contribution in [0.4, 0.5) is 0 Å². The number of piperazine rings is 1. The lowest BCUT2D eigenvalue weighted by Gasteiger charge is -2.46. The van der Waals surface area contributed by atoms with Crippen molar-refractivity contribution in [3.05, 3.63) is 0 Å². The molecule has 1 heterocycles. The lowest BCUT2D eigenvalue weighted by molar-refractivity contribution is 0.0393. The van der Waals surface area contributed by atoms with Crippen molar-refractivity contribution in [2.24, 2.45) is 0 Å². The molecule has 0 radical (unpaired) electrons. The zero-order valence-corrected chi connectivity index (χ0v) is 13.5. The Kier molecular flexibility index (Phi) is 7.29. The van der Waals surface area contributed by atoms with Crippen LogP contribution in [0.2, 0.25) is 0 Å². The van der Waals surface area contributed by atoms with E-state index < -0.39 is 0 Å². The summed E-state index contributed by atoms with van der Waals surface area (Å²) in [6.45, 7) is 12.9. The van der Waals surface area contributed by atoms with E-state index in [4.69, 9.17) is 4.74 Å². The van der Waals surface area contributed by atoms with E-state index >= 15 is 0 Å². The first-order valence-corrected chi connectivity index (χ1v) is 7.72. The van der Waals surface area contributed by atoms with Gasteiger partial charge in [-0.05, 0) is 33.9 Å². The summed E-state index contributed by atoms with van der Waals surface area (Å²) in [5.74, 6) is 0. The van der Waals surface area contributed by atoms with Crippen LogP contribution in [0.1, 0.15) is 33.6 Å². The highest BCUT2D eigenvalue weighted by Crippen LogP contribution is 2.19. The van der Waals surface area contributed by atoms with Crippen molar-refractivity contribution in [2.45, 2.75) is 45.2 Å². The van der Waals surface area contributed by atoms with E-state index in [1.807, 2.05) is 0 Å². The molecule has 0 aromatic rings. The fraction of sp³-hybridized carbons (Fsp3) is 1.00. The van der Waals surface area contributed by atoms with Crippen molar-refractivity contribution in [3.63, 3.8) is 0 Å². The molecule has 1 saturated heterocycles. The van der Waals surface area contributed by atoms with E-state index in [9.17, 15) is 0 Å². The Hall–Kier alpha value is -0.160. The largest absolute Gasteiger partial charge is 0.379 e. The lowest BCUT2D eigenvalue weighted by atomic mass is 9.93. The third kappa shape index (κ3) is 5.78. The zero-order chi connectivity index (χ0) is 14.3. The summed E-state index contributed by atoms with van der Waals surface area (Å²) < 4.78 is 5.74. The molecule has 0 saturated carbocycles. The minimum atomic E-state index is 0.273. The van der Waals surface area contributed by atoms with E-state index in [0.717, 1.165) is 39.4 Å². The van der Waals surface area contributed by atoms with Crippen molar-refractivity contribution >= 4 is 0 Å². The Balaban J connectivity index is 2.31. The zero-order valence-electron chi connectivity index (χ0n) is 13.5. The molecule has 1 aliphatic rings. The van der Waals surface area contributed by atoms with Crippen LogP contribution in [-0.4, -0.2) is 74.9 Å². The van der Waals surface area contributed by atoms with E-state index in [1.165, 1.54) is 12.8 Å². The highest BCUT2D eigenvalue weighted by Gasteiger charge is 2.33. The van der Waals surface area contributed by atoms with Gasteiger partial charge in [-0.15, -0.1) is 0 Å². The van der Waals surface area contributed by atoms with Crippen LogP contribution in [0.25, 0.3) is 0 Å². The second-order valence-electron chi connectivity index (χ2n) is 6.24. The van der Waals surface area contributed by atoms with Gasteiger partial charge in [0.15, 0.2) is 0 Å². The monoisotopic (exact) mass is 271 g/mol.